The molecule has 88 valence electrons. The van der Waals surface area contributed by atoms with Crippen molar-refractivity contribution < 1.29 is 14.4 Å². The molecule has 0 saturated heterocycles. The summed E-state index contributed by atoms with van der Waals surface area (Å²) in [7, 11) is 5.37. The summed E-state index contributed by atoms with van der Waals surface area (Å²) in [5, 5.41) is 3.33. The van der Waals surface area contributed by atoms with Gasteiger partial charge in [0.1, 0.15) is 5.75 Å². The van der Waals surface area contributed by atoms with E-state index in [-0.39, 0.29) is 5.91 Å². The molecule has 0 aromatic heterocycles. The number of likely N-dealkylation sites (N-methyl/N-ethyl adjacent to an activating group) is 1. The van der Waals surface area contributed by atoms with Crippen LogP contribution in [0.15, 0.2) is 18.2 Å². The number of carbonyl (C=O) groups is 1. The minimum absolute atomic E-state index is 0.0689. The lowest BCUT2D eigenvalue weighted by Crippen LogP contribution is -3.06. The molecule has 0 bridgehead atoms. The molecule has 0 aliphatic heterocycles. The molecule has 0 radical (unpaired) electrons. The predicted molar refractivity (Wildman–Crippen MR) is 64.3 cm³/mol. The zero-order valence-corrected chi connectivity index (χ0v) is 10.4. The molecule has 1 amide bonds. The van der Waals surface area contributed by atoms with Crippen molar-refractivity contribution in [3.63, 3.8) is 0 Å². The first-order valence-corrected chi connectivity index (χ1v) is 5.33. The van der Waals surface area contributed by atoms with Gasteiger partial charge in [0, 0.05) is 5.02 Å². The lowest BCUT2D eigenvalue weighted by molar-refractivity contribution is -0.849. The monoisotopic (exact) mass is 243 g/mol. The van der Waals surface area contributed by atoms with Crippen LogP contribution in [0.4, 0.5) is 5.69 Å². The lowest BCUT2D eigenvalue weighted by atomic mass is 10.3. The Morgan fingerprint density at radius 2 is 2.19 bits per heavy atom. The Morgan fingerprint density at radius 1 is 1.50 bits per heavy atom. The summed E-state index contributed by atoms with van der Waals surface area (Å²) in [6.07, 6.45) is 0. The van der Waals surface area contributed by atoms with Gasteiger partial charge in [0.25, 0.3) is 5.91 Å². The number of methoxy groups -OCH3 is 1. The summed E-state index contributed by atoms with van der Waals surface area (Å²) in [4.78, 5) is 12.6. The summed E-state index contributed by atoms with van der Waals surface area (Å²) >= 11 is 5.85. The standard InChI is InChI=1S/C11H15ClN2O2/c1-14(2)7-11(15)13-9-6-8(12)4-5-10(9)16-3/h4-6H,7H2,1-3H3,(H,13,15)/p+1. The Bertz CT molecular complexity index is 380. The second-order valence-electron chi connectivity index (χ2n) is 3.78. The van der Waals surface area contributed by atoms with Crippen molar-refractivity contribution in [2.45, 2.75) is 0 Å². The fourth-order valence-corrected chi connectivity index (χ4v) is 1.47. The van der Waals surface area contributed by atoms with Crippen molar-refractivity contribution in [2.24, 2.45) is 0 Å². The first kappa shape index (κ1) is 12.8. The molecule has 0 saturated carbocycles. The third-order valence-corrected chi connectivity index (χ3v) is 2.18. The highest BCUT2D eigenvalue weighted by Gasteiger charge is 2.10. The van der Waals surface area contributed by atoms with Crippen LogP contribution >= 0.6 is 11.6 Å². The SMILES string of the molecule is COc1ccc(Cl)cc1NC(=O)C[NH+](C)C. The van der Waals surface area contributed by atoms with E-state index in [9.17, 15) is 4.79 Å². The van der Waals surface area contributed by atoms with E-state index >= 15 is 0 Å². The van der Waals surface area contributed by atoms with Crippen molar-refractivity contribution in [3.05, 3.63) is 23.2 Å². The maximum Gasteiger partial charge on any atom is 0.279 e. The molecule has 0 aliphatic carbocycles. The third-order valence-electron chi connectivity index (χ3n) is 1.95. The molecule has 4 nitrogen and oxygen atoms in total. The Balaban J connectivity index is 2.79. The van der Waals surface area contributed by atoms with Gasteiger partial charge in [0.2, 0.25) is 0 Å². The molecule has 1 aromatic carbocycles. The molecule has 0 atom stereocenters. The molecule has 5 heteroatoms. The molecule has 1 rings (SSSR count). The number of nitrogens with one attached hydrogen (secondary N) is 2. The minimum Gasteiger partial charge on any atom is -0.495 e. The van der Waals surface area contributed by atoms with Gasteiger partial charge < -0.3 is 15.0 Å². The van der Waals surface area contributed by atoms with Gasteiger partial charge in [0.15, 0.2) is 6.54 Å². The molecule has 16 heavy (non-hydrogen) atoms. The first-order valence-electron chi connectivity index (χ1n) is 4.95. The summed E-state index contributed by atoms with van der Waals surface area (Å²) in [5.74, 6) is 0.534. The number of hydrogen-bond acceptors (Lipinski definition) is 2. The highest BCUT2D eigenvalue weighted by Crippen LogP contribution is 2.27. The topological polar surface area (TPSA) is 42.8 Å². The largest absolute Gasteiger partial charge is 0.495 e. The van der Waals surface area contributed by atoms with Crippen molar-refractivity contribution >= 4 is 23.2 Å². The average molecular weight is 244 g/mol. The van der Waals surface area contributed by atoms with Crippen LogP contribution in [-0.2, 0) is 4.79 Å². The molecule has 0 aliphatic rings. The van der Waals surface area contributed by atoms with Gasteiger partial charge in [-0.25, -0.2) is 0 Å². The predicted octanol–water partition coefficient (Wildman–Crippen LogP) is 0.432. The molecule has 0 spiro atoms. The van der Waals surface area contributed by atoms with E-state index in [2.05, 4.69) is 5.32 Å². The zero-order valence-electron chi connectivity index (χ0n) is 9.63. The van der Waals surface area contributed by atoms with E-state index in [1.165, 1.54) is 0 Å². The quantitative estimate of drug-likeness (QED) is 0.806. The van der Waals surface area contributed by atoms with Crippen molar-refractivity contribution in [1.29, 1.82) is 0 Å². The number of halogens is 1. The van der Waals surface area contributed by atoms with E-state index in [0.717, 1.165) is 4.90 Å². The van der Waals surface area contributed by atoms with E-state index < -0.39 is 0 Å². The Morgan fingerprint density at radius 3 is 2.75 bits per heavy atom. The smallest absolute Gasteiger partial charge is 0.279 e. The minimum atomic E-state index is -0.0689. The van der Waals surface area contributed by atoms with E-state index in [1.807, 2.05) is 14.1 Å². The number of hydrogen-bond donors (Lipinski definition) is 2. The number of benzene rings is 1. The van der Waals surface area contributed by atoms with E-state index in [0.29, 0.717) is 23.0 Å². The molecule has 2 N–H and O–H groups in total. The number of carbonyl (C=O) groups excluding carboxylic acids is 1. The summed E-state index contributed by atoms with van der Waals surface area (Å²) < 4.78 is 5.13. The summed E-state index contributed by atoms with van der Waals surface area (Å²) in [5.41, 5.74) is 0.598. The Kier molecular flexibility index (Phi) is 4.58. The van der Waals surface area contributed by atoms with E-state index in [4.69, 9.17) is 16.3 Å². The fraction of sp³-hybridized carbons (Fsp3) is 0.364. The van der Waals surface area contributed by atoms with Gasteiger partial charge >= 0.3 is 0 Å². The van der Waals surface area contributed by atoms with Crippen LogP contribution in [0, 0.1) is 0 Å². The first-order chi connectivity index (χ1) is 7.52. The second-order valence-corrected chi connectivity index (χ2v) is 4.21. The maximum absolute atomic E-state index is 11.6. The molecule has 0 unspecified atom stereocenters. The number of amides is 1. The second kappa shape index (κ2) is 5.72. The van der Waals surface area contributed by atoms with Crippen LogP contribution in [0.5, 0.6) is 5.75 Å². The number of anilines is 1. The van der Waals surface area contributed by atoms with Gasteiger partial charge in [-0.3, -0.25) is 4.79 Å². The number of rotatable bonds is 4. The van der Waals surface area contributed by atoms with Crippen LogP contribution in [0.3, 0.4) is 0 Å². The average Bonchev–Trinajstić information content (AvgIpc) is 2.16. The number of quaternary nitrogens is 1. The van der Waals surface area contributed by atoms with Gasteiger partial charge in [-0.1, -0.05) is 11.6 Å². The van der Waals surface area contributed by atoms with Crippen molar-refractivity contribution in [3.8, 4) is 5.75 Å². The highest BCUT2D eigenvalue weighted by atomic mass is 35.5. The summed E-state index contributed by atoms with van der Waals surface area (Å²) in [6.45, 7) is 0.398. The normalized spacial score (nSPS) is 10.3. The van der Waals surface area contributed by atoms with Crippen LogP contribution in [-0.4, -0.2) is 33.7 Å². The molecular weight excluding hydrogens is 228 g/mol. The van der Waals surface area contributed by atoms with Crippen molar-refractivity contribution in [1.82, 2.24) is 0 Å². The highest BCUT2D eigenvalue weighted by molar-refractivity contribution is 6.31. The molecule has 0 fully saturated rings. The van der Waals surface area contributed by atoms with E-state index in [1.54, 1.807) is 25.3 Å². The van der Waals surface area contributed by atoms with Gasteiger partial charge in [0.05, 0.1) is 26.9 Å². The molecule has 1 aromatic rings. The van der Waals surface area contributed by atoms with Gasteiger partial charge in [-0.2, -0.15) is 0 Å². The molecule has 0 heterocycles. The third kappa shape index (κ3) is 3.72. The van der Waals surface area contributed by atoms with Gasteiger partial charge in [-0.05, 0) is 18.2 Å². The fourth-order valence-electron chi connectivity index (χ4n) is 1.29. The van der Waals surface area contributed by atoms with Gasteiger partial charge in [-0.15, -0.1) is 0 Å². The number of ether oxygens (including phenoxy) is 1. The molecular formula is C11H16ClN2O2+. The van der Waals surface area contributed by atoms with Crippen LogP contribution in [0.2, 0.25) is 5.02 Å². The van der Waals surface area contributed by atoms with Crippen molar-refractivity contribution in [2.75, 3.05) is 33.1 Å². The Hall–Kier alpha value is -1.26. The van der Waals surface area contributed by atoms with Crippen LogP contribution in [0.1, 0.15) is 0 Å². The van der Waals surface area contributed by atoms with Crippen LogP contribution < -0.4 is 15.0 Å². The Labute approximate surface area is 100 Å². The van der Waals surface area contributed by atoms with Crippen LogP contribution in [0.25, 0.3) is 0 Å². The maximum atomic E-state index is 11.6. The zero-order chi connectivity index (χ0) is 12.1. The lowest BCUT2D eigenvalue weighted by Gasteiger charge is -2.11. The summed E-state index contributed by atoms with van der Waals surface area (Å²) in [6, 6.07) is 5.11.